The third-order valence-corrected chi connectivity index (χ3v) is 4.94. The predicted molar refractivity (Wildman–Crippen MR) is 91.7 cm³/mol. The van der Waals surface area contributed by atoms with Crippen molar-refractivity contribution in [1.82, 2.24) is 10.2 Å². The standard InChI is InChI=1S/C19H32N2/c1-4-21(19-8-6-5-7-9-19)15-17-10-12-18(13-11-17)16(2)14-20-3/h10-13,16,19-20H,4-9,14-15H2,1-3H3. The molecule has 0 radical (unpaired) electrons. The molecule has 2 heteroatoms. The highest BCUT2D eigenvalue weighted by Crippen LogP contribution is 2.24. The fourth-order valence-electron chi connectivity index (χ4n) is 3.56. The summed E-state index contributed by atoms with van der Waals surface area (Å²) in [5.74, 6) is 0.588. The average molecular weight is 288 g/mol. The quantitative estimate of drug-likeness (QED) is 0.810. The Hall–Kier alpha value is -0.860. The maximum absolute atomic E-state index is 3.26. The zero-order valence-corrected chi connectivity index (χ0v) is 14.1. The first kappa shape index (κ1) is 16.5. The Morgan fingerprint density at radius 3 is 2.38 bits per heavy atom. The molecule has 2 rings (SSSR count). The highest BCUT2D eigenvalue weighted by molar-refractivity contribution is 5.25. The minimum absolute atomic E-state index is 0.588. The lowest BCUT2D eigenvalue weighted by molar-refractivity contribution is 0.156. The molecule has 0 aliphatic heterocycles. The van der Waals surface area contributed by atoms with Gasteiger partial charge in [-0.25, -0.2) is 0 Å². The van der Waals surface area contributed by atoms with Gasteiger partial charge in [0.15, 0.2) is 0 Å². The third kappa shape index (κ3) is 4.82. The van der Waals surface area contributed by atoms with Gasteiger partial charge in [-0.2, -0.15) is 0 Å². The van der Waals surface area contributed by atoms with Crippen LogP contribution in [-0.2, 0) is 6.54 Å². The van der Waals surface area contributed by atoms with Crippen LogP contribution in [-0.4, -0.2) is 31.1 Å². The summed E-state index contributed by atoms with van der Waals surface area (Å²) in [5.41, 5.74) is 2.90. The van der Waals surface area contributed by atoms with Crippen molar-refractivity contribution >= 4 is 0 Å². The van der Waals surface area contributed by atoms with Crippen molar-refractivity contribution in [3.05, 3.63) is 35.4 Å². The number of benzene rings is 1. The molecule has 0 saturated heterocycles. The van der Waals surface area contributed by atoms with Gasteiger partial charge in [-0.1, -0.05) is 57.4 Å². The summed E-state index contributed by atoms with van der Waals surface area (Å²) in [7, 11) is 2.02. The monoisotopic (exact) mass is 288 g/mol. The first-order valence-corrected chi connectivity index (χ1v) is 8.72. The lowest BCUT2D eigenvalue weighted by Gasteiger charge is -2.33. The SMILES string of the molecule is CCN(Cc1ccc(C(C)CNC)cc1)C1CCCCC1. The number of likely N-dealkylation sites (N-methyl/N-ethyl adjacent to an activating group) is 1. The summed E-state index contributed by atoms with van der Waals surface area (Å²) in [6.07, 6.45) is 7.06. The molecule has 1 atom stereocenters. The summed E-state index contributed by atoms with van der Waals surface area (Å²) in [6, 6.07) is 10.1. The minimum atomic E-state index is 0.588. The molecule has 1 aliphatic carbocycles. The summed E-state index contributed by atoms with van der Waals surface area (Å²) in [5, 5.41) is 3.26. The van der Waals surface area contributed by atoms with Gasteiger partial charge in [-0.05, 0) is 43.5 Å². The largest absolute Gasteiger partial charge is 0.319 e. The maximum atomic E-state index is 3.26. The second-order valence-electron chi connectivity index (χ2n) is 6.56. The van der Waals surface area contributed by atoms with Crippen LogP contribution >= 0.6 is 0 Å². The molecule has 1 saturated carbocycles. The molecule has 1 aliphatic rings. The highest BCUT2D eigenvalue weighted by atomic mass is 15.1. The van der Waals surface area contributed by atoms with Gasteiger partial charge in [0, 0.05) is 19.1 Å². The second-order valence-corrected chi connectivity index (χ2v) is 6.56. The van der Waals surface area contributed by atoms with Gasteiger partial charge in [0.05, 0.1) is 0 Å². The summed E-state index contributed by atoms with van der Waals surface area (Å²) >= 11 is 0. The van der Waals surface area contributed by atoms with E-state index in [1.165, 1.54) is 49.8 Å². The van der Waals surface area contributed by atoms with Gasteiger partial charge in [0.2, 0.25) is 0 Å². The Morgan fingerprint density at radius 2 is 1.81 bits per heavy atom. The fraction of sp³-hybridized carbons (Fsp3) is 0.684. The van der Waals surface area contributed by atoms with E-state index in [-0.39, 0.29) is 0 Å². The molecule has 1 aromatic carbocycles. The minimum Gasteiger partial charge on any atom is -0.319 e. The number of nitrogens with zero attached hydrogens (tertiary/aromatic N) is 1. The Kier molecular flexibility index (Phi) is 6.72. The van der Waals surface area contributed by atoms with Crippen molar-refractivity contribution in [3.63, 3.8) is 0 Å². The van der Waals surface area contributed by atoms with E-state index in [0.717, 1.165) is 19.1 Å². The van der Waals surface area contributed by atoms with Crippen LogP contribution in [0.1, 0.15) is 63.0 Å². The molecule has 0 aromatic heterocycles. The number of rotatable bonds is 7. The molecule has 1 unspecified atom stereocenters. The lowest BCUT2D eigenvalue weighted by Crippen LogP contribution is -2.36. The van der Waals surface area contributed by atoms with Crippen LogP contribution in [0.3, 0.4) is 0 Å². The van der Waals surface area contributed by atoms with Gasteiger partial charge in [-0.15, -0.1) is 0 Å². The molecule has 1 aromatic rings. The zero-order chi connectivity index (χ0) is 15.1. The van der Waals surface area contributed by atoms with E-state index in [1.54, 1.807) is 0 Å². The molecular weight excluding hydrogens is 256 g/mol. The highest BCUT2D eigenvalue weighted by Gasteiger charge is 2.19. The summed E-state index contributed by atoms with van der Waals surface area (Å²) < 4.78 is 0. The van der Waals surface area contributed by atoms with E-state index in [0.29, 0.717) is 5.92 Å². The first-order chi connectivity index (χ1) is 10.2. The van der Waals surface area contributed by atoms with E-state index < -0.39 is 0 Å². The molecular formula is C19H32N2. The number of nitrogens with one attached hydrogen (secondary N) is 1. The summed E-state index contributed by atoms with van der Waals surface area (Å²) in [6.45, 7) is 7.91. The van der Waals surface area contributed by atoms with Crippen molar-refractivity contribution in [3.8, 4) is 0 Å². The van der Waals surface area contributed by atoms with Gasteiger partial charge >= 0.3 is 0 Å². The van der Waals surface area contributed by atoms with Crippen molar-refractivity contribution < 1.29 is 0 Å². The van der Waals surface area contributed by atoms with Crippen LogP contribution in [0.4, 0.5) is 0 Å². The van der Waals surface area contributed by atoms with E-state index in [1.807, 2.05) is 7.05 Å². The Morgan fingerprint density at radius 1 is 1.14 bits per heavy atom. The molecule has 0 bridgehead atoms. The normalized spacial score (nSPS) is 18.1. The van der Waals surface area contributed by atoms with Crippen molar-refractivity contribution in [2.45, 2.75) is 64.5 Å². The van der Waals surface area contributed by atoms with Crippen LogP contribution in [0.25, 0.3) is 0 Å². The van der Waals surface area contributed by atoms with Crippen LogP contribution in [0.5, 0.6) is 0 Å². The van der Waals surface area contributed by atoms with Crippen LogP contribution < -0.4 is 5.32 Å². The molecule has 0 heterocycles. The molecule has 0 spiro atoms. The summed E-state index contributed by atoms with van der Waals surface area (Å²) in [4.78, 5) is 2.67. The van der Waals surface area contributed by atoms with Crippen molar-refractivity contribution in [2.75, 3.05) is 20.1 Å². The fourth-order valence-corrected chi connectivity index (χ4v) is 3.56. The van der Waals surface area contributed by atoms with Gasteiger partial charge in [0.25, 0.3) is 0 Å². The van der Waals surface area contributed by atoms with Gasteiger partial charge < -0.3 is 5.32 Å². The van der Waals surface area contributed by atoms with Crippen LogP contribution in [0.15, 0.2) is 24.3 Å². The topological polar surface area (TPSA) is 15.3 Å². The Bertz CT molecular complexity index is 393. The van der Waals surface area contributed by atoms with Gasteiger partial charge in [-0.3, -0.25) is 4.90 Å². The molecule has 1 fully saturated rings. The second kappa shape index (κ2) is 8.55. The Balaban J connectivity index is 1.94. The lowest BCUT2D eigenvalue weighted by atomic mass is 9.93. The van der Waals surface area contributed by atoms with E-state index in [2.05, 4.69) is 48.3 Å². The predicted octanol–water partition coefficient (Wildman–Crippen LogP) is 4.16. The molecule has 2 nitrogen and oxygen atoms in total. The number of hydrogen-bond donors (Lipinski definition) is 1. The van der Waals surface area contributed by atoms with E-state index >= 15 is 0 Å². The average Bonchev–Trinajstić information content (AvgIpc) is 2.54. The smallest absolute Gasteiger partial charge is 0.0236 e. The van der Waals surface area contributed by atoms with Crippen molar-refractivity contribution in [2.24, 2.45) is 0 Å². The molecule has 21 heavy (non-hydrogen) atoms. The third-order valence-electron chi connectivity index (χ3n) is 4.94. The Labute approximate surface area is 130 Å². The number of hydrogen-bond acceptors (Lipinski definition) is 2. The van der Waals surface area contributed by atoms with E-state index in [9.17, 15) is 0 Å². The van der Waals surface area contributed by atoms with E-state index in [4.69, 9.17) is 0 Å². The van der Waals surface area contributed by atoms with Crippen LogP contribution in [0, 0.1) is 0 Å². The van der Waals surface area contributed by atoms with Crippen molar-refractivity contribution in [1.29, 1.82) is 0 Å². The van der Waals surface area contributed by atoms with Crippen LogP contribution in [0.2, 0.25) is 0 Å². The molecule has 1 N–H and O–H groups in total. The van der Waals surface area contributed by atoms with Gasteiger partial charge in [0.1, 0.15) is 0 Å². The molecule has 0 amide bonds. The molecule has 118 valence electrons. The maximum Gasteiger partial charge on any atom is 0.0236 e. The first-order valence-electron chi connectivity index (χ1n) is 8.72. The zero-order valence-electron chi connectivity index (χ0n) is 14.1.